The van der Waals surface area contributed by atoms with E-state index < -0.39 is 41.1 Å². The van der Waals surface area contributed by atoms with Crippen molar-refractivity contribution >= 4 is 17.5 Å². The van der Waals surface area contributed by atoms with Crippen molar-refractivity contribution in [3.63, 3.8) is 0 Å². The fraction of sp³-hybridized carbons (Fsp3) is 0.300. The lowest BCUT2D eigenvalue weighted by molar-refractivity contribution is -0.136. The molecule has 148 valence electrons. The lowest BCUT2D eigenvalue weighted by Crippen LogP contribution is -2.36. The molecule has 1 aliphatic rings. The second-order valence-corrected chi connectivity index (χ2v) is 6.83. The molecule has 0 aliphatic carbocycles. The predicted octanol–water partition coefficient (Wildman–Crippen LogP) is 3.82. The van der Waals surface area contributed by atoms with Crippen molar-refractivity contribution in [3.8, 4) is 0 Å². The first-order valence-corrected chi connectivity index (χ1v) is 8.65. The van der Waals surface area contributed by atoms with Gasteiger partial charge >= 0.3 is 0 Å². The van der Waals surface area contributed by atoms with Crippen LogP contribution in [0.4, 0.5) is 23.2 Å². The second-order valence-electron chi connectivity index (χ2n) is 6.83. The van der Waals surface area contributed by atoms with Crippen molar-refractivity contribution in [3.05, 3.63) is 65.2 Å². The minimum Gasteiger partial charge on any atom is -0.339 e. The highest BCUT2D eigenvalue weighted by Crippen LogP contribution is 2.30. The molecule has 2 atom stereocenters. The molecule has 1 aliphatic heterocycles. The summed E-state index contributed by atoms with van der Waals surface area (Å²) in [7, 11) is 1.50. The van der Waals surface area contributed by atoms with Crippen LogP contribution in [0.2, 0.25) is 0 Å². The van der Waals surface area contributed by atoms with Gasteiger partial charge < -0.3 is 9.80 Å². The molecule has 1 fully saturated rings. The number of anilines is 1. The molecule has 2 unspecified atom stereocenters. The molecule has 3 rings (SSSR count). The van der Waals surface area contributed by atoms with E-state index in [0.29, 0.717) is 11.6 Å². The van der Waals surface area contributed by atoms with E-state index >= 15 is 0 Å². The molecule has 0 saturated carbocycles. The molecule has 0 N–H and O–H groups in total. The van der Waals surface area contributed by atoms with Crippen molar-refractivity contribution in [1.82, 2.24) is 4.90 Å². The van der Waals surface area contributed by atoms with Crippen molar-refractivity contribution in [2.24, 2.45) is 5.92 Å². The average molecular weight is 394 g/mol. The maximum atomic E-state index is 13.5. The van der Waals surface area contributed by atoms with Gasteiger partial charge in [0, 0.05) is 31.8 Å². The summed E-state index contributed by atoms with van der Waals surface area (Å²) >= 11 is 0. The monoisotopic (exact) mass is 394 g/mol. The van der Waals surface area contributed by atoms with Crippen molar-refractivity contribution in [2.75, 3.05) is 18.5 Å². The summed E-state index contributed by atoms with van der Waals surface area (Å²) in [5.41, 5.74) is 0.456. The van der Waals surface area contributed by atoms with E-state index in [2.05, 4.69) is 0 Å². The Balaban J connectivity index is 1.75. The van der Waals surface area contributed by atoms with Crippen LogP contribution < -0.4 is 4.90 Å². The van der Waals surface area contributed by atoms with Crippen LogP contribution in [0.3, 0.4) is 0 Å². The fourth-order valence-electron chi connectivity index (χ4n) is 3.29. The summed E-state index contributed by atoms with van der Waals surface area (Å²) in [6, 6.07) is 5.59. The lowest BCUT2D eigenvalue weighted by atomic mass is 10.0. The van der Waals surface area contributed by atoms with E-state index in [1.807, 2.05) is 0 Å². The number of amides is 2. The van der Waals surface area contributed by atoms with Gasteiger partial charge in [-0.1, -0.05) is 6.07 Å². The van der Waals surface area contributed by atoms with Gasteiger partial charge in [-0.15, -0.1) is 0 Å². The van der Waals surface area contributed by atoms with Gasteiger partial charge in [0.1, 0.15) is 11.6 Å². The highest BCUT2D eigenvalue weighted by Gasteiger charge is 2.37. The first kappa shape index (κ1) is 19.9. The van der Waals surface area contributed by atoms with Gasteiger partial charge in [0.15, 0.2) is 11.6 Å². The van der Waals surface area contributed by atoms with Gasteiger partial charge in [0.05, 0.1) is 12.0 Å². The van der Waals surface area contributed by atoms with Gasteiger partial charge in [0.2, 0.25) is 11.8 Å². The number of benzene rings is 2. The van der Waals surface area contributed by atoms with Crippen molar-refractivity contribution in [1.29, 1.82) is 0 Å². The molecule has 2 aromatic rings. The minimum atomic E-state index is -1.01. The third kappa shape index (κ3) is 3.85. The molecule has 0 bridgehead atoms. The average Bonchev–Trinajstić information content (AvgIpc) is 3.03. The van der Waals surface area contributed by atoms with Crippen LogP contribution >= 0.6 is 0 Å². The van der Waals surface area contributed by atoms with Gasteiger partial charge in [-0.05, 0) is 36.8 Å². The normalized spacial score (nSPS) is 17.7. The van der Waals surface area contributed by atoms with Crippen LogP contribution in [0.15, 0.2) is 36.4 Å². The Morgan fingerprint density at radius 2 is 1.71 bits per heavy atom. The molecule has 8 heteroatoms. The molecule has 1 heterocycles. The smallest absolute Gasteiger partial charge is 0.228 e. The van der Waals surface area contributed by atoms with Gasteiger partial charge in [-0.2, -0.15) is 0 Å². The molecule has 0 radical (unpaired) electrons. The molecule has 28 heavy (non-hydrogen) atoms. The molecular formula is C20H18F4N2O2. The Labute approximate surface area is 159 Å². The number of carbonyl (C=O) groups is 2. The summed E-state index contributed by atoms with van der Waals surface area (Å²) in [6.45, 7) is 1.64. The topological polar surface area (TPSA) is 40.6 Å². The minimum absolute atomic E-state index is 0.0185. The highest BCUT2D eigenvalue weighted by atomic mass is 19.2. The van der Waals surface area contributed by atoms with Crippen LogP contribution in [0.25, 0.3) is 0 Å². The van der Waals surface area contributed by atoms with E-state index in [9.17, 15) is 27.2 Å². The predicted molar refractivity (Wildman–Crippen MR) is 94.4 cm³/mol. The largest absolute Gasteiger partial charge is 0.339 e. The lowest BCUT2D eigenvalue weighted by Gasteiger charge is -2.28. The van der Waals surface area contributed by atoms with E-state index in [1.54, 1.807) is 6.92 Å². The second kappa shape index (κ2) is 7.61. The Hall–Kier alpha value is -2.90. The van der Waals surface area contributed by atoms with Gasteiger partial charge in [0.25, 0.3) is 0 Å². The summed E-state index contributed by atoms with van der Waals surface area (Å²) < 4.78 is 53.5. The van der Waals surface area contributed by atoms with E-state index in [-0.39, 0.29) is 24.6 Å². The number of hydrogen-bond donors (Lipinski definition) is 0. The quantitative estimate of drug-likeness (QED) is 0.740. The third-order valence-corrected chi connectivity index (χ3v) is 4.99. The zero-order valence-corrected chi connectivity index (χ0v) is 15.3. The molecule has 2 aromatic carbocycles. The highest BCUT2D eigenvalue weighted by molar-refractivity contribution is 6.00. The summed E-state index contributed by atoms with van der Waals surface area (Å²) in [4.78, 5) is 27.6. The zero-order valence-electron chi connectivity index (χ0n) is 15.3. The van der Waals surface area contributed by atoms with Crippen LogP contribution in [0.5, 0.6) is 0 Å². The van der Waals surface area contributed by atoms with Crippen LogP contribution in [0.1, 0.15) is 24.9 Å². The fourth-order valence-corrected chi connectivity index (χ4v) is 3.29. The SMILES string of the molecule is CC(c1ccc(F)c(F)c1)N(C)C(=O)C1CC(=O)N(c2cc(F)cc(F)c2)C1. The standard InChI is InChI=1S/C20H18F4N2O2/c1-11(12-3-4-17(23)18(24)5-12)25(2)20(28)13-6-19(27)26(10-13)16-8-14(21)7-15(22)9-16/h3-5,7-9,11,13H,6,10H2,1-2H3. The zero-order chi connectivity index (χ0) is 20.6. The Morgan fingerprint density at radius 3 is 2.32 bits per heavy atom. The number of carbonyl (C=O) groups excluding carboxylic acids is 2. The number of hydrogen-bond acceptors (Lipinski definition) is 2. The molecular weight excluding hydrogens is 376 g/mol. The van der Waals surface area contributed by atoms with Crippen LogP contribution in [-0.2, 0) is 9.59 Å². The first-order valence-electron chi connectivity index (χ1n) is 8.65. The Kier molecular flexibility index (Phi) is 5.40. The maximum Gasteiger partial charge on any atom is 0.228 e. The Morgan fingerprint density at radius 1 is 1.07 bits per heavy atom. The maximum absolute atomic E-state index is 13.5. The molecule has 0 spiro atoms. The molecule has 4 nitrogen and oxygen atoms in total. The van der Waals surface area contributed by atoms with E-state index in [4.69, 9.17) is 0 Å². The molecule has 1 saturated heterocycles. The molecule has 2 amide bonds. The summed E-state index contributed by atoms with van der Waals surface area (Å²) in [6.07, 6.45) is -0.105. The summed E-state index contributed by atoms with van der Waals surface area (Å²) in [5.74, 6) is -5.13. The van der Waals surface area contributed by atoms with Gasteiger partial charge in [-0.3, -0.25) is 9.59 Å². The van der Waals surface area contributed by atoms with Gasteiger partial charge in [-0.25, -0.2) is 17.6 Å². The number of rotatable bonds is 4. The molecule has 0 aromatic heterocycles. The Bertz CT molecular complexity index is 914. The van der Waals surface area contributed by atoms with Crippen molar-refractivity contribution < 1.29 is 27.2 Å². The summed E-state index contributed by atoms with van der Waals surface area (Å²) in [5, 5.41) is 0. The van der Waals surface area contributed by atoms with Crippen LogP contribution in [0, 0.1) is 29.2 Å². The van der Waals surface area contributed by atoms with Crippen molar-refractivity contribution in [2.45, 2.75) is 19.4 Å². The van der Waals surface area contributed by atoms with E-state index in [1.165, 1.54) is 22.9 Å². The first-order chi connectivity index (χ1) is 13.2. The number of halogens is 4. The van der Waals surface area contributed by atoms with E-state index in [0.717, 1.165) is 24.3 Å². The van der Waals surface area contributed by atoms with Crippen LogP contribution in [-0.4, -0.2) is 30.3 Å². The number of nitrogens with zero attached hydrogens (tertiary/aromatic N) is 2. The third-order valence-electron chi connectivity index (χ3n) is 4.99.